The Labute approximate surface area is 139 Å². The first kappa shape index (κ1) is 17.3. The predicted molar refractivity (Wildman–Crippen MR) is 82.0 cm³/mol. The van der Waals surface area contributed by atoms with Gasteiger partial charge >= 0.3 is 0 Å². The van der Waals surface area contributed by atoms with E-state index in [2.05, 4.69) is 5.16 Å². The van der Waals surface area contributed by atoms with E-state index in [0.29, 0.717) is 31.7 Å². The smallest absolute Gasteiger partial charge is 0.276 e. The van der Waals surface area contributed by atoms with E-state index in [0.717, 1.165) is 0 Å². The average Bonchev–Trinajstić information content (AvgIpc) is 3.16. The molecule has 3 rings (SSSR count). The minimum Gasteiger partial charge on any atom is -0.387 e. The van der Waals surface area contributed by atoms with Crippen LogP contribution in [0.4, 0.5) is 8.78 Å². The second-order valence-corrected chi connectivity index (χ2v) is 6.87. The van der Waals surface area contributed by atoms with Crippen molar-refractivity contribution < 1.29 is 23.2 Å². The molecule has 0 bridgehead atoms. The average molecular weight is 343 g/mol. The zero-order valence-corrected chi connectivity index (χ0v) is 13.8. The number of rotatable bonds is 4. The Balaban J connectivity index is 1.56. The molecular formula is C16H23F2N3O3. The summed E-state index contributed by atoms with van der Waals surface area (Å²) in [5.41, 5.74) is -0.812. The molecule has 1 aromatic heterocycles. The van der Waals surface area contributed by atoms with E-state index in [4.69, 9.17) is 4.52 Å². The van der Waals surface area contributed by atoms with E-state index in [1.807, 2.05) is 11.8 Å². The fraction of sp³-hybridized carbons (Fsp3) is 0.750. The fourth-order valence-electron chi connectivity index (χ4n) is 3.36. The van der Waals surface area contributed by atoms with Gasteiger partial charge in [-0.2, -0.15) is 0 Å². The second kappa shape index (κ2) is 6.40. The van der Waals surface area contributed by atoms with Crippen molar-refractivity contribution >= 4 is 5.91 Å². The van der Waals surface area contributed by atoms with Crippen LogP contribution in [0.5, 0.6) is 0 Å². The summed E-state index contributed by atoms with van der Waals surface area (Å²) in [6, 6.07) is 1.62. The van der Waals surface area contributed by atoms with Crippen LogP contribution >= 0.6 is 0 Å². The highest BCUT2D eigenvalue weighted by Gasteiger charge is 2.42. The number of aliphatic hydroxyl groups is 1. The lowest BCUT2D eigenvalue weighted by molar-refractivity contribution is -0.0720. The summed E-state index contributed by atoms with van der Waals surface area (Å²) in [7, 11) is 0. The second-order valence-electron chi connectivity index (χ2n) is 6.87. The number of nitrogens with zero attached hydrogens (tertiary/aromatic N) is 3. The Bertz CT molecular complexity index is 597. The number of hydrogen-bond donors (Lipinski definition) is 1. The lowest BCUT2D eigenvalue weighted by atomic mass is 10.00. The molecule has 1 N–H and O–H groups in total. The Morgan fingerprint density at radius 2 is 2.04 bits per heavy atom. The molecule has 6 nitrogen and oxygen atoms in total. The minimum atomic E-state index is -2.60. The van der Waals surface area contributed by atoms with Gasteiger partial charge in [0.1, 0.15) is 5.76 Å². The predicted octanol–water partition coefficient (Wildman–Crippen LogP) is 1.55. The topological polar surface area (TPSA) is 69.8 Å². The van der Waals surface area contributed by atoms with E-state index in [1.54, 1.807) is 11.0 Å². The molecule has 0 spiro atoms. The number of carbonyl (C=O) groups is 1. The number of aryl methyl sites for hydroxylation is 1. The van der Waals surface area contributed by atoms with Crippen molar-refractivity contribution in [1.29, 1.82) is 0 Å². The molecule has 3 heterocycles. The summed E-state index contributed by atoms with van der Waals surface area (Å²) >= 11 is 0. The highest BCUT2D eigenvalue weighted by atomic mass is 19.3. The lowest BCUT2D eigenvalue weighted by Crippen LogP contribution is -2.49. The quantitative estimate of drug-likeness (QED) is 0.898. The van der Waals surface area contributed by atoms with Crippen LogP contribution in [0, 0.1) is 0 Å². The third-order valence-corrected chi connectivity index (χ3v) is 4.85. The normalized spacial score (nSPS) is 27.6. The standard InChI is InChI=1S/C16H23F2N3O3/c1-2-12-9-13(19-24-12)14(22)21-8-3-15(23,11-21)10-20-6-4-16(17,18)5-7-20/h9,23H,2-8,10-11H2,1H3. The van der Waals surface area contributed by atoms with Crippen LogP contribution < -0.4 is 0 Å². The molecule has 1 unspecified atom stereocenters. The van der Waals surface area contributed by atoms with Crippen molar-refractivity contribution in [2.24, 2.45) is 0 Å². The molecule has 24 heavy (non-hydrogen) atoms. The minimum absolute atomic E-state index is 0.176. The van der Waals surface area contributed by atoms with Gasteiger partial charge in [0.25, 0.3) is 11.8 Å². The van der Waals surface area contributed by atoms with Gasteiger partial charge in [-0.05, 0) is 6.42 Å². The highest BCUT2D eigenvalue weighted by molar-refractivity contribution is 5.92. The van der Waals surface area contributed by atoms with Crippen LogP contribution in [0.1, 0.15) is 42.4 Å². The maximum atomic E-state index is 13.2. The van der Waals surface area contributed by atoms with E-state index >= 15 is 0 Å². The molecule has 1 atom stereocenters. The number of β-amino-alcohol motifs (C(OH)–C–C–N with tert-alkyl or cyclic N) is 1. The van der Waals surface area contributed by atoms with E-state index in [-0.39, 0.29) is 44.1 Å². The van der Waals surface area contributed by atoms with Crippen LogP contribution in [0.2, 0.25) is 0 Å². The zero-order valence-electron chi connectivity index (χ0n) is 13.8. The molecule has 0 aromatic carbocycles. The summed E-state index contributed by atoms with van der Waals surface area (Å²) in [4.78, 5) is 15.8. The number of aromatic nitrogens is 1. The number of alkyl halides is 2. The van der Waals surface area contributed by atoms with Crippen molar-refractivity contribution in [3.8, 4) is 0 Å². The van der Waals surface area contributed by atoms with Gasteiger partial charge in [0, 0.05) is 51.5 Å². The molecule has 134 valence electrons. The van der Waals surface area contributed by atoms with Crippen molar-refractivity contribution in [2.45, 2.75) is 44.1 Å². The van der Waals surface area contributed by atoms with Crippen LogP contribution in [0.3, 0.4) is 0 Å². The van der Waals surface area contributed by atoms with E-state index < -0.39 is 11.5 Å². The van der Waals surface area contributed by atoms with Crippen LogP contribution in [-0.2, 0) is 6.42 Å². The molecule has 8 heteroatoms. The Hall–Kier alpha value is -1.54. The molecule has 2 fully saturated rings. The molecular weight excluding hydrogens is 320 g/mol. The number of likely N-dealkylation sites (tertiary alicyclic amines) is 2. The SMILES string of the molecule is CCc1cc(C(=O)N2CCC(O)(CN3CCC(F)(F)CC3)C2)no1. The molecule has 2 aliphatic heterocycles. The van der Waals surface area contributed by atoms with Crippen LogP contribution in [-0.4, -0.2) is 70.2 Å². The lowest BCUT2D eigenvalue weighted by Gasteiger charge is -2.36. The van der Waals surface area contributed by atoms with Crippen molar-refractivity contribution in [3.05, 3.63) is 17.5 Å². The van der Waals surface area contributed by atoms with Gasteiger partial charge in [-0.25, -0.2) is 8.78 Å². The molecule has 0 saturated carbocycles. The molecule has 0 radical (unpaired) electrons. The number of carbonyl (C=O) groups excluding carboxylic acids is 1. The Morgan fingerprint density at radius 3 is 2.67 bits per heavy atom. The first-order valence-corrected chi connectivity index (χ1v) is 8.38. The van der Waals surface area contributed by atoms with Crippen molar-refractivity contribution in [2.75, 3.05) is 32.7 Å². The third kappa shape index (κ3) is 3.75. The van der Waals surface area contributed by atoms with E-state index in [1.165, 1.54) is 0 Å². The van der Waals surface area contributed by atoms with Gasteiger partial charge < -0.3 is 14.5 Å². The van der Waals surface area contributed by atoms with Gasteiger partial charge in [0.2, 0.25) is 0 Å². The number of halogens is 2. The summed E-state index contributed by atoms with van der Waals surface area (Å²) in [5.74, 6) is -2.22. The first-order valence-electron chi connectivity index (χ1n) is 8.38. The largest absolute Gasteiger partial charge is 0.387 e. The summed E-state index contributed by atoms with van der Waals surface area (Å²) in [5, 5.41) is 14.5. The van der Waals surface area contributed by atoms with Gasteiger partial charge in [-0.1, -0.05) is 12.1 Å². The summed E-state index contributed by atoms with van der Waals surface area (Å²) in [6.45, 7) is 3.37. The van der Waals surface area contributed by atoms with Gasteiger partial charge in [-0.15, -0.1) is 0 Å². The molecule has 1 aromatic rings. The molecule has 2 saturated heterocycles. The number of piperidine rings is 1. The maximum Gasteiger partial charge on any atom is 0.276 e. The Morgan fingerprint density at radius 1 is 1.33 bits per heavy atom. The number of hydrogen-bond acceptors (Lipinski definition) is 5. The molecule has 1 amide bonds. The fourth-order valence-corrected chi connectivity index (χ4v) is 3.36. The van der Waals surface area contributed by atoms with Gasteiger partial charge in [0.05, 0.1) is 12.1 Å². The zero-order chi connectivity index (χ0) is 17.4. The molecule has 0 aliphatic carbocycles. The Kier molecular flexibility index (Phi) is 4.61. The van der Waals surface area contributed by atoms with Gasteiger partial charge in [0.15, 0.2) is 5.69 Å². The monoisotopic (exact) mass is 343 g/mol. The van der Waals surface area contributed by atoms with Crippen molar-refractivity contribution in [3.63, 3.8) is 0 Å². The van der Waals surface area contributed by atoms with Crippen LogP contribution in [0.25, 0.3) is 0 Å². The highest BCUT2D eigenvalue weighted by Crippen LogP contribution is 2.30. The maximum absolute atomic E-state index is 13.2. The summed E-state index contributed by atoms with van der Waals surface area (Å²) < 4.78 is 31.5. The number of amides is 1. The third-order valence-electron chi connectivity index (χ3n) is 4.85. The first-order chi connectivity index (χ1) is 11.3. The van der Waals surface area contributed by atoms with E-state index in [9.17, 15) is 18.7 Å². The molecule has 2 aliphatic rings. The van der Waals surface area contributed by atoms with Crippen LogP contribution in [0.15, 0.2) is 10.6 Å². The van der Waals surface area contributed by atoms with Gasteiger partial charge in [-0.3, -0.25) is 9.69 Å². The summed E-state index contributed by atoms with van der Waals surface area (Å²) in [6.07, 6.45) is 0.739. The van der Waals surface area contributed by atoms with Crippen molar-refractivity contribution in [1.82, 2.24) is 15.0 Å².